The van der Waals surface area contributed by atoms with E-state index in [2.05, 4.69) is 0 Å². The second-order valence-corrected chi connectivity index (χ2v) is 8.77. The van der Waals surface area contributed by atoms with Crippen LogP contribution in [0.4, 0.5) is 0 Å². The molecular formula is C12H26O6S2. The second-order valence-electron chi connectivity index (χ2n) is 5.24. The lowest BCUT2D eigenvalue weighted by Crippen LogP contribution is -2.21. The summed E-state index contributed by atoms with van der Waals surface area (Å²) in [7, 11) is -8.06. The quantitative estimate of drug-likeness (QED) is 0.445. The monoisotopic (exact) mass is 330 g/mol. The van der Waals surface area contributed by atoms with Crippen LogP contribution in [0.1, 0.15) is 65.2 Å². The lowest BCUT2D eigenvalue weighted by Gasteiger charge is -2.14. The smallest absolute Gasteiger partial charge is 0.267 e. The fourth-order valence-corrected chi connectivity index (χ4v) is 3.41. The van der Waals surface area contributed by atoms with Crippen LogP contribution in [0.15, 0.2) is 0 Å². The summed E-state index contributed by atoms with van der Waals surface area (Å²) in [4.78, 5) is 0. The summed E-state index contributed by atoms with van der Waals surface area (Å²) in [6.45, 7) is 3.43. The van der Waals surface area contributed by atoms with Crippen LogP contribution in [0.25, 0.3) is 0 Å². The standard InChI is InChI=1S/C12H26O6S2/c1-3-4-5-9-12(20(16,17)18)10-7-6-8-11(2)19(13,14)15/h11-12H,3-10H2,1-2H3,(H,13,14,15)(H,16,17,18). The van der Waals surface area contributed by atoms with Crippen molar-refractivity contribution in [2.45, 2.75) is 75.7 Å². The molecule has 0 amide bonds. The Kier molecular flexibility index (Phi) is 8.88. The first-order valence-corrected chi connectivity index (χ1v) is 10.0. The molecular weight excluding hydrogens is 304 g/mol. The third-order valence-electron chi connectivity index (χ3n) is 3.45. The van der Waals surface area contributed by atoms with E-state index in [1.165, 1.54) is 6.92 Å². The Morgan fingerprint density at radius 1 is 0.800 bits per heavy atom. The average molecular weight is 330 g/mol. The van der Waals surface area contributed by atoms with E-state index >= 15 is 0 Å². The fraction of sp³-hybridized carbons (Fsp3) is 1.00. The molecule has 0 aromatic heterocycles. The Balaban J connectivity index is 4.15. The molecule has 0 aliphatic heterocycles. The predicted molar refractivity (Wildman–Crippen MR) is 79.0 cm³/mol. The van der Waals surface area contributed by atoms with Crippen molar-refractivity contribution in [1.82, 2.24) is 0 Å². The molecule has 0 fully saturated rings. The van der Waals surface area contributed by atoms with Gasteiger partial charge in [0.05, 0.1) is 10.5 Å². The van der Waals surface area contributed by atoms with Crippen LogP contribution >= 0.6 is 0 Å². The highest BCUT2D eigenvalue weighted by atomic mass is 32.2. The first kappa shape index (κ1) is 19.8. The fourth-order valence-electron chi connectivity index (χ4n) is 2.02. The third-order valence-corrected chi connectivity index (χ3v) is 6.01. The zero-order valence-corrected chi connectivity index (χ0v) is 13.8. The largest absolute Gasteiger partial charge is 0.285 e. The van der Waals surface area contributed by atoms with Gasteiger partial charge in [0.25, 0.3) is 20.2 Å². The maximum atomic E-state index is 11.2. The topological polar surface area (TPSA) is 109 Å². The molecule has 0 aliphatic carbocycles. The lowest BCUT2D eigenvalue weighted by atomic mass is 10.1. The Labute approximate surface area is 122 Å². The molecule has 0 heterocycles. The predicted octanol–water partition coefficient (Wildman–Crippen LogP) is 2.66. The van der Waals surface area contributed by atoms with E-state index in [-0.39, 0.29) is 6.42 Å². The van der Waals surface area contributed by atoms with Gasteiger partial charge < -0.3 is 0 Å². The normalized spacial score (nSPS) is 16.0. The van der Waals surface area contributed by atoms with Crippen LogP contribution in [-0.4, -0.2) is 36.4 Å². The first-order chi connectivity index (χ1) is 9.09. The van der Waals surface area contributed by atoms with E-state index < -0.39 is 30.7 Å². The van der Waals surface area contributed by atoms with Crippen molar-refractivity contribution in [2.24, 2.45) is 0 Å². The highest BCUT2D eigenvalue weighted by Crippen LogP contribution is 2.18. The Bertz CT molecular complexity index is 454. The van der Waals surface area contributed by atoms with Crippen LogP contribution in [0.2, 0.25) is 0 Å². The van der Waals surface area contributed by atoms with Crippen LogP contribution in [-0.2, 0) is 20.2 Å². The van der Waals surface area contributed by atoms with Gasteiger partial charge in [0, 0.05) is 0 Å². The van der Waals surface area contributed by atoms with Gasteiger partial charge in [-0.2, -0.15) is 16.8 Å². The van der Waals surface area contributed by atoms with E-state index in [1.54, 1.807) is 0 Å². The second kappa shape index (κ2) is 8.96. The minimum atomic E-state index is -4.04. The van der Waals surface area contributed by atoms with Gasteiger partial charge in [-0.1, -0.05) is 39.0 Å². The maximum Gasteiger partial charge on any atom is 0.267 e. The molecule has 6 nitrogen and oxygen atoms in total. The van der Waals surface area contributed by atoms with Crippen molar-refractivity contribution < 1.29 is 25.9 Å². The van der Waals surface area contributed by atoms with Crippen molar-refractivity contribution in [3.63, 3.8) is 0 Å². The molecule has 2 unspecified atom stereocenters. The molecule has 0 rings (SSSR count). The molecule has 0 aromatic rings. The average Bonchev–Trinajstić information content (AvgIpc) is 2.29. The van der Waals surface area contributed by atoms with Crippen molar-refractivity contribution in [3.05, 3.63) is 0 Å². The molecule has 8 heteroatoms. The van der Waals surface area contributed by atoms with Crippen molar-refractivity contribution in [2.75, 3.05) is 0 Å². The van der Waals surface area contributed by atoms with Gasteiger partial charge in [-0.25, -0.2) is 0 Å². The highest BCUT2D eigenvalue weighted by molar-refractivity contribution is 7.86. The first-order valence-electron chi connectivity index (χ1n) is 7.01. The molecule has 0 saturated carbocycles. The summed E-state index contributed by atoms with van der Waals surface area (Å²) in [5.41, 5.74) is 0. The van der Waals surface area contributed by atoms with Gasteiger partial charge in [-0.3, -0.25) is 9.11 Å². The molecule has 0 aliphatic rings. The van der Waals surface area contributed by atoms with Gasteiger partial charge in [0.1, 0.15) is 0 Å². The zero-order chi connectivity index (χ0) is 15.8. The maximum absolute atomic E-state index is 11.2. The molecule has 0 radical (unpaired) electrons. The summed E-state index contributed by atoms with van der Waals surface area (Å²) >= 11 is 0. The SMILES string of the molecule is CCCCCC(CCCCC(C)S(=O)(=O)O)S(=O)(=O)O. The summed E-state index contributed by atoms with van der Waals surface area (Å²) in [5.74, 6) is 0. The zero-order valence-electron chi connectivity index (χ0n) is 12.2. The number of hydrogen-bond acceptors (Lipinski definition) is 4. The Hall–Kier alpha value is -0.180. The van der Waals surface area contributed by atoms with E-state index in [1.807, 2.05) is 6.92 Å². The lowest BCUT2D eigenvalue weighted by molar-refractivity contribution is 0.440. The molecule has 0 bridgehead atoms. The summed E-state index contributed by atoms with van der Waals surface area (Å²) in [5, 5.41) is -1.61. The molecule has 0 spiro atoms. The van der Waals surface area contributed by atoms with Crippen LogP contribution < -0.4 is 0 Å². The summed E-state index contributed by atoms with van der Waals surface area (Å²) in [6, 6.07) is 0. The van der Waals surface area contributed by atoms with Gasteiger partial charge in [0.15, 0.2) is 0 Å². The molecule has 2 N–H and O–H groups in total. The number of rotatable bonds is 11. The highest BCUT2D eigenvalue weighted by Gasteiger charge is 2.22. The van der Waals surface area contributed by atoms with Crippen LogP contribution in [0.3, 0.4) is 0 Å². The molecule has 0 saturated heterocycles. The van der Waals surface area contributed by atoms with Crippen molar-refractivity contribution in [3.8, 4) is 0 Å². The van der Waals surface area contributed by atoms with Crippen LogP contribution in [0, 0.1) is 0 Å². The van der Waals surface area contributed by atoms with E-state index in [0.717, 1.165) is 19.3 Å². The van der Waals surface area contributed by atoms with Crippen molar-refractivity contribution >= 4 is 20.2 Å². The van der Waals surface area contributed by atoms with Gasteiger partial charge in [-0.15, -0.1) is 0 Å². The summed E-state index contributed by atoms with van der Waals surface area (Å²) in [6.07, 6.45) is 4.70. The van der Waals surface area contributed by atoms with Crippen molar-refractivity contribution in [1.29, 1.82) is 0 Å². The third kappa shape index (κ3) is 8.89. The van der Waals surface area contributed by atoms with E-state index in [0.29, 0.717) is 25.7 Å². The minimum absolute atomic E-state index is 0.284. The van der Waals surface area contributed by atoms with Gasteiger partial charge in [0.2, 0.25) is 0 Å². The summed E-state index contributed by atoms with van der Waals surface area (Å²) < 4.78 is 62.0. The van der Waals surface area contributed by atoms with Gasteiger partial charge in [-0.05, 0) is 26.2 Å². The molecule has 0 aromatic carbocycles. The van der Waals surface area contributed by atoms with Gasteiger partial charge >= 0.3 is 0 Å². The molecule has 20 heavy (non-hydrogen) atoms. The number of hydrogen-bond donors (Lipinski definition) is 2. The van der Waals surface area contributed by atoms with E-state index in [9.17, 15) is 16.8 Å². The minimum Gasteiger partial charge on any atom is -0.285 e. The number of unbranched alkanes of at least 4 members (excludes halogenated alkanes) is 3. The molecule has 2 atom stereocenters. The van der Waals surface area contributed by atoms with E-state index in [4.69, 9.17) is 9.11 Å². The Morgan fingerprint density at radius 3 is 1.65 bits per heavy atom. The Morgan fingerprint density at radius 2 is 1.25 bits per heavy atom. The van der Waals surface area contributed by atoms with Crippen LogP contribution in [0.5, 0.6) is 0 Å². The molecule has 122 valence electrons.